The highest BCUT2D eigenvalue weighted by atomic mass is 15.4. The van der Waals surface area contributed by atoms with Crippen molar-refractivity contribution in [3.05, 3.63) is 60.8 Å². The third-order valence-corrected chi connectivity index (χ3v) is 4.18. The summed E-state index contributed by atoms with van der Waals surface area (Å²) in [7, 11) is 0. The standard InChI is InChI=1S/C18H18N4/c1-2-6-15(7-3-1)18-14-19-20-22(18)17-10-8-16(9-11-17)21-12-4-5-13-21/h1-3,6-11,14H,4-5,12-13H2. The van der Waals surface area contributed by atoms with Crippen molar-refractivity contribution in [3.8, 4) is 16.9 Å². The van der Waals surface area contributed by atoms with Gasteiger partial charge in [-0.2, -0.15) is 0 Å². The highest BCUT2D eigenvalue weighted by Crippen LogP contribution is 2.24. The summed E-state index contributed by atoms with van der Waals surface area (Å²) in [5.74, 6) is 0. The predicted octanol–water partition coefficient (Wildman–Crippen LogP) is 3.53. The van der Waals surface area contributed by atoms with Crippen molar-refractivity contribution in [3.63, 3.8) is 0 Å². The number of hydrogen-bond donors (Lipinski definition) is 0. The van der Waals surface area contributed by atoms with Gasteiger partial charge in [-0.05, 0) is 37.1 Å². The molecule has 1 aromatic heterocycles. The number of hydrogen-bond acceptors (Lipinski definition) is 3. The third kappa shape index (κ3) is 2.37. The quantitative estimate of drug-likeness (QED) is 0.740. The molecule has 0 unspecified atom stereocenters. The van der Waals surface area contributed by atoms with E-state index in [2.05, 4.69) is 51.6 Å². The van der Waals surface area contributed by atoms with Gasteiger partial charge in [0, 0.05) is 24.3 Å². The van der Waals surface area contributed by atoms with Crippen LogP contribution < -0.4 is 4.90 Å². The Kier molecular flexibility index (Phi) is 3.35. The first-order valence-corrected chi connectivity index (χ1v) is 7.73. The molecule has 0 saturated carbocycles. The van der Waals surface area contributed by atoms with Crippen molar-refractivity contribution >= 4 is 5.69 Å². The Bertz CT molecular complexity index is 740. The lowest BCUT2D eigenvalue weighted by molar-refractivity contribution is 0.807. The van der Waals surface area contributed by atoms with Crippen molar-refractivity contribution in [2.24, 2.45) is 0 Å². The molecular weight excluding hydrogens is 272 g/mol. The van der Waals surface area contributed by atoms with E-state index in [1.165, 1.54) is 18.5 Å². The van der Waals surface area contributed by atoms with Crippen LogP contribution in [0.3, 0.4) is 0 Å². The van der Waals surface area contributed by atoms with E-state index in [9.17, 15) is 0 Å². The first-order chi connectivity index (χ1) is 10.9. The van der Waals surface area contributed by atoms with Crippen LogP contribution in [0.5, 0.6) is 0 Å². The zero-order valence-corrected chi connectivity index (χ0v) is 12.4. The topological polar surface area (TPSA) is 34.0 Å². The average Bonchev–Trinajstić information content (AvgIpc) is 3.28. The fourth-order valence-corrected chi connectivity index (χ4v) is 3.01. The Morgan fingerprint density at radius 3 is 2.18 bits per heavy atom. The third-order valence-electron chi connectivity index (χ3n) is 4.18. The second-order valence-electron chi connectivity index (χ2n) is 5.61. The second-order valence-corrected chi connectivity index (χ2v) is 5.61. The van der Waals surface area contributed by atoms with Gasteiger partial charge in [0.05, 0.1) is 17.6 Å². The molecule has 3 aromatic rings. The van der Waals surface area contributed by atoms with Crippen LogP contribution in [0.2, 0.25) is 0 Å². The molecule has 4 heteroatoms. The second kappa shape index (κ2) is 5.64. The summed E-state index contributed by atoms with van der Waals surface area (Å²) in [4.78, 5) is 2.43. The lowest BCUT2D eigenvalue weighted by Gasteiger charge is -2.17. The molecule has 0 N–H and O–H groups in total. The highest BCUT2D eigenvalue weighted by Gasteiger charge is 2.13. The maximum Gasteiger partial charge on any atom is 0.0944 e. The lowest BCUT2D eigenvalue weighted by Crippen LogP contribution is -2.17. The molecule has 4 rings (SSSR count). The number of benzene rings is 2. The molecule has 0 amide bonds. The van der Waals surface area contributed by atoms with Gasteiger partial charge >= 0.3 is 0 Å². The van der Waals surface area contributed by atoms with Crippen LogP contribution in [0.1, 0.15) is 12.8 Å². The summed E-state index contributed by atoms with van der Waals surface area (Å²) < 4.78 is 1.89. The minimum Gasteiger partial charge on any atom is -0.372 e. The molecule has 0 spiro atoms. The van der Waals surface area contributed by atoms with Gasteiger partial charge in [-0.15, -0.1) is 5.10 Å². The van der Waals surface area contributed by atoms with Gasteiger partial charge in [0.25, 0.3) is 0 Å². The molecule has 1 saturated heterocycles. The van der Waals surface area contributed by atoms with Gasteiger partial charge in [-0.3, -0.25) is 0 Å². The minimum atomic E-state index is 1.01. The van der Waals surface area contributed by atoms with Crippen LogP contribution in [0.15, 0.2) is 60.8 Å². The highest BCUT2D eigenvalue weighted by molar-refractivity contribution is 5.61. The Morgan fingerprint density at radius 2 is 1.45 bits per heavy atom. The van der Waals surface area contributed by atoms with Crippen molar-refractivity contribution < 1.29 is 0 Å². The zero-order chi connectivity index (χ0) is 14.8. The van der Waals surface area contributed by atoms with Gasteiger partial charge < -0.3 is 4.90 Å². The van der Waals surface area contributed by atoms with Crippen LogP contribution in [-0.2, 0) is 0 Å². The minimum absolute atomic E-state index is 1.01. The van der Waals surface area contributed by atoms with E-state index in [0.717, 1.165) is 30.0 Å². The summed E-state index contributed by atoms with van der Waals surface area (Å²) in [5, 5.41) is 8.32. The largest absolute Gasteiger partial charge is 0.372 e. The summed E-state index contributed by atoms with van der Waals surface area (Å²) in [6, 6.07) is 18.8. The van der Waals surface area contributed by atoms with E-state index >= 15 is 0 Å². The Morgan fingerprint density at radius 1 is 0.773 bits per heavy atom. The molecule has 0 atom stereocenters. The molecule has 0 bridgehead atoms. The maximum atomic E-state index is 4.24. The lowest BCUT2D eigenvalue weighted by atomic mass is 10.1. The van der Waals surface area contributed by atoms with Crippen LogP contribution in [-0.4, -0.2) is 28.1 Å². The van der Waals surface area contributed by atoms with Crippen molar-refractivity contribution in [1.82, 2.24) is 15.0 Å². The van der Waals surface area contributed by atoms with E-state index in [0.29, 0.717) is 0 Å². The zero-order valence-electron chi connectivity index (χ0n) is 12.4. The number of nitrogens with zero attached hydrogens (tertiary/aromatic N) is 4. The molecule has 4 nitrogen and oxygen atoms in total. The number of aromatic nitrogens is 3. The van der Waals surface area contributed by atoms with Crippen LogP contribution >= 0.6 is 0 Å². The maximum absolute atomic E-state index is 4.24. The van der Waals surface area contributed by atoms with Crippen LogP contribution in [0.25, 0.3) is 16.9 Å². The summed E-state index contributed by atoms with van der Waals surface area (Å²) >= 11 is 0. The molecule has 22 heavy (non-hydrogen) atoms. The summed E-state index contributed by atoms with van der Waals surface area (Å²) in [6.07, 6.45) is 4.40. The van der Waals surface area contributed by atoms with Gasteiger partial charge in [-0.1, -0.05) is 35.5 Å². The summed E-state index contributed by atoms with van der Waals surface area (Å²) in [6.45, 7) is 2.33. The van der Waals surface area contributed by atoms with E-state index in [-0.39, 0.29) is 0 Å². The molecule has 1 aliphatic rings. The predicted molar refractivity (Wildman–Crippen MR) is 88.2 cm³/mol. The monoisotopic (exact) mass is 290 g/mol. The van der Waals surface area contributed by atoms with E-state index in [4.69, 9.17) is 0 Å². The number of anilines is 1. The van der Waals surface area contributed by atoms with Gasteiger partial charge in [0.1, 0.15) is 0 Å². The number of rotatable bonds is 3. The Labute approximate surface area is 130 Å². The van der Waals surface area contributed by atoms with E-state index in [1.54, 1.807) is 0 Å². The van der Waals surface area contributed by atoms with E-state index in [1.807, 2.05) is 29.1 Å². The Hall–Kier alpha value is -2.62. The van der Waals surface area contributed by atoms with Crippen molar-refractivity contribution in [2.45, 2.75) is 12.8 Å². The van der Waals surface area contributed by atoms with Gasteiger partial charge in [0.2, 0.25) is 0 Å². The molecule has 0 radical (unpaired) electrons. The average molecular weight is 290 g/mol. The smallest absolute Gasteiger partial charge is 0.0944 e. The van der Waals surface area contributed by atoms with Crippen LogP contribution in [0, 0.1) is 0 Å². The van der Waals surface area contributed by atoms with Gasteiger partial charge in [0.15, 0.2) is 0 Å². The molecule has 2 heterocycles. The Balaban J connectivity index is 1.67. The fraction of sp³-hybridized carbons (Fsp3) is 0.222. The SMILES string of the molecule is c1ccc(-c2cnnn2-c2ccc(N3CCCC3)cc2)cc1. The molecule has 2 aromatic carbocycles. The van der Waals surface area contributed by atoms with Gasteiger partial charge in [-0.25, -0.2) is 4.68 Å². The molecule has 110 valence electrons. The van der Waals surface area contributed by atoms with E-state index < -0.39 is 0 Å². The van der Waals surface area contributed by atoms with Crippen LogP contribution in [0.4, 0.5) is 5.69 Å². The first-order valence-electron chi connectivity index (χ1n) is 7.73. The normalized spacial score (nSPS) is 14.5. The fourth-order valence-electron chi connectivity index (χ4n) is 3.01. The molecule has 1 aliphatic heterocycles. The first kappa shape index (κ1) is 13.1. The molecule has 0 aliphatic carbocycles. The summed E-state index contributed by atoms with van der Waals surface area (Å²) in [5.41, 5.74) is 4.47. The molecule has 1 fully saturated rings. The van der Waals surface area contributed by atoms with Crippen molar-refractivity contribution in [1.29, 1.82) is 0 Å². The van der Waals surface area contributed by atoms with Crippen molar-refractivity contribution in [2.75, 3.05) is 18.0 Å². The molecular formula is C18H18N4.